The third kappa shape index (κ3) is 3.60. The minimum atomic E-state index is -0.0645. The van der Waals surface area contributed by atoms with Gasteiger partial charge in [0.1, 0.15) is 0 Å². The molecule has 1 aliphatic rings. The fourth-order valence-electron chi connectivity index (χ4n) is 5.40. The molecule has 3 heterocycles. The molecule has 4 nitrogen and oxygen atoms in total. The van der Waals surface area contributed by atoms with E-state index in [-0.39, 0.29) is 12.1 Å². The Morgan fingerprint density at radius 2 is 1.57 bits per heavy atom. The molecule has 0 aliphatic carbocycles. The third-order valence-corrected chi connectivity index (χ3v) is 7.24. The van der Waals surface area contributed by atoms with Gasteiger partial charge in [-0.15, -0.1) is 0 Å². The number of para-hydroxylation sites is 1. The number of pyridine rings is 1. The van der Waals surface area contributed by atoms with Crippen LogP contribution in [0.25, 0.3) is 16.5 Å². The van der Waals surface area contributed by atoms with E-state index < -0.39 is 0 Å². The first-order valence-electron chi connectivity index (χ1n) is 11.9. The number of aromatic nitrogens is 2. The van der Waals surface area contributed by atoms with E-state index in [4.69, 9.17) is 17.2 Å². The highest BCUT2D eigenvalue weighted by molar-refractivity contribution is 7.80. The van der Waals surface area contributed by atoms with Crippen LogP contribution >= 0.6 is 12.2 Å². The Bertz CT molecular complexity index is 1520. The van der Waals surface area contributed by atoms with Gasteiger partial charge in [0, 0.05) is 28.7 Å². The lowest BCUT2D eigenvalue weighted by Gasteiger charge is -2.28. The first-order valence-corrected chi connectivity index (χ1v) is 12.3. The van der Waals surface area contributed by atoms with Gasteiger partial charge in [-0.1, -0.05) is 60.7 Å². The molecule has 0 radical (unpaired) electrons. The van der Waals surface area contributed by atoms with Crippen LogP contribution in [0, 0.1) is 13.8 Å². The molecule has 1 saturated heterocycles. The average molecular weight is 475 g/mol. The van der Waals surface area contributed by atoms with Crippen molar-refractivity contribution in [2.45, 2.75) is 25.9 Å². The highest BCUT2D eigenvalue weighted by Gasteiger charge is 2.42. The summed E-state index contributed by atoms with van der Waals surface area (Å²) in [7, 11) is 0. The minimum absolute atomic E-state index is 0.0327. The second kappa shape index (κ2) is 8.67. The minimum Gasteiger partial charge on any atom is -0.351 e. The number of aryl methyl sites for hydroxylation is 1. The quantitative estimate of drug-likeness (QED) is 0.290. The van der Waals surface area contributed by atoms with Crippen LogP contribution in [0.4, 0.5) is 5.69 Å². The summed E-state index contributed by atoms with van der Waals surface area (Å²) in [6, 6.07) is 33.7. The molecule has 2 atom stereocenters. The lowest BCUT2D eigenvalue weighted by atomic mass is 9.96. The van der Waals surface area contributed by atoms with Gasteiger partial charge in [0.25, 0.3) is 0 Å². The Hall–Kier alpha value is -3.96. The summed E-state index contributed by atoms with van der Waals surface area (Å²) >= 11 is 5.90. The lowest BCUT2D eigenvalue weighted by molar-refractivity contribution is 0.565. The molecule has 1 N–H and O–H groups in total. The van der Waals surface area contributed by atoms with Crippen LogP contribution in [0.3, 0.4) is 0 Å². The van der Waals surface area contributed by atoms with Crippen molar-refractivity contribution in [2.75, 3.05) is 4.90 Å². The molecule has 1 aliphatic heterocycles. The summed E-state index contributed by atoms with van der Waals surface area (Å²) in [4.78, 5) is 6.94. The number of anilines is 1. The van der Waals surface area contributed by atoms with Crippen LogP contribution in [0.15, 0.2) is 103 Å². The molecule has 2 unspecified atom stereocenters. The Labute approximate surface area is 210 Å². The second-order valence-corrected chi connectivity index (χ2v) is 9.38. The van der Waals surface area contributed by atoms with E-state index in [1.807, 2.05) is 24.4 Å². The molecular formula is C30H26N4S. The molecule has 5 aromatic rings. The maximum atomic E-state index is 5.90. The van der Waals surface area contributed by atoms with Gasteiger partial charge in [-0.05, 0) is 73.4 Å². The summed E-state index contributed by atoms with van der Waals surface area (Å²) in [6.45, 7) is 4.39. The van der Waals surface area contributed by atoms with Crippen molar-refractivity contribution in [3.05, 3.63) is 126 Å². The fourth-order valence-corrected chi connectivity index (χ4v) is 5.74. The van der Waals surface area contributed by atoms with Crippen LogP contribution in [-0.2, 0) is 0 Å². The molecule has 172 valence electrons. The summed E-state index contributed by atoms with van der Waals surface area (Å²) in [6.07, 6.45) is 1.85. The third-order valence-electron chi connectivity index (χ3n) is 6.93. The van der Waals surface area contributed by atoms with Gasteiger partial charge < -0.3 is 14.8 Å². The van der Waals surface area contributed by atoms with E-state index in [0.717, 1.165) is 11.4 Å². The summed E-state index contributed by atoms with van der Waals surface area (Å²) in [5.41, 5.74) is 6.88. The van der Waals surface area contributed by atoms with Crippen LogP contribution in [0.5, 0.6) is 0 Å². The van der Waals surface area contributed by atoms with E-state index in [0.29, 0.717) is 5.11 Å². The number of nitrogens with one attached hydrogen (secondary N) is 1. The van der Waals surface area contributed by atoms with E-state index in [2.05, 4.69) is 107 Å². The van der Waals surface area contributed by atoms with Crippen molar-refractivity contribution in [3.63, 3.8) is 0 Å². The number of benzene rings is 3. The maximum Gasteiger partial charge on any atom is 0.174 e. The highest BCUT2D eigenvalue weighted by Crippen LogP contribution is 2.44. The van der Waals surface area contributed by atoms with Crippen LogP contribution in [0.1, 0.15) is 34.7 Å². The molecule has 0 spiro atoms. The van der Waals surface area contributed by atoms with Gasteiger partial charge in [0.2, 0.25) is 0 Å². The SMILES string of the molecule is Cc1cc(C2C(c3ccccn3)NC(=S)N2c2ccccc2)c(C)n1-c1cccc2ccccc12. The normalized spacial score (nSPS) is 17.7. The number of rotatable bonds is 4. The molecule has 6 rings (SSSR count). The van der Waals surface area contributed by atoms with Gasteiger partial charge >= 0.3 is 0 Å². The topological polar surface area (TPSA) is 33.1 Å². The van der Waals surface area contributed by atoms with Gasteiger partial charge in [-0.25, -0.2) is 0 Å². The van der Waals surface area contributed by atoms with Gasteiger partial charge in [-0.3, -0.25) is 4.98 Å². The first kappa shape index (κ1) is 21.6. The number of nitrogens with zero attached hydrogens (tertiary/aromatic N) is 3. The largest absolute Gasteiger partial charge is 0.351 e. The average Bonchev–Trinajstić information content (AvgIpc) is 3.39. The first-order chi connectivity index (χ1) is 17.1. The van der Waals surface area contributed by atoms with Crippen molar-refractivity contribution in [1.29, 1.82) is 0 Å². The molecule has 2 aromatic heterocycles. The van der Waals surface area contributed by atoms with E-state index in [1.54, 1.807) is 0 Å². The van der Waals surface area contributed by atoms with Gasteiger partial charge in [-0.2, -0.15) is 0 Å². The van der Waals surface area contributed by atoms with Gasteiger partial charge in [0.15, 0.2) is 5.11 Å². The highest BCUT2D eigenvalue weighted by atomic mass is 32.1. The van der Waals surface area contributed by atoms with Crippen LogP contribution in [0.2, 0.25) is 0 Å². The Morgan fingerprint density at radius 1 is 0.829 bits per heavy atom. The van der Waals surface area contributed by atoms with Crippen molar-refractivity contribution in [1.82, 2.24) is 14.9 Å². The summed E-state index contributed by atoms with van der Waals surface area (Å²) in [5, 5.41) is 6.77. The molecule has 5 heteroatoms. The molecule has 0 saturated carbocycles. The molecule has 3 aromatic carbocycles. The number of hydrogen-bond acceptors (Lipinski definition) is 2. The number of thiocarbonyl (C=S) groups is 1. The molecule has 0 amide bonds. The monoisotopic (exact) mass is 474 g/mol. The molecule has 1 fully saturated rings. The van der Waals surface area contributed by atoms with E-state index in [1.165, 1.54) is 33.4 Å². The molecular weight excluding hydrogens is 448 g/mol. The fraction of sp³-hybridized carbons (Fsp3) is 0.133. The Morgan fingerprint density at radius 3 is 2.37 bits per heavy atom. The standard InChI is InChI=1S/C30H26N4S/c1-20-19-25(21(2)33(20)27-17-10-12-22-11-6-7-15-24(22)27)29-28(26-16-8-9-18-31-26)32-30(35)34(29)23-13-4-3-5-14-23/h3-19,28-29H,1-2H3,(H,32,35). The summed E-state index contributed by atoms with van der Waals surface area (Å²) in [5.74, 6) is 0. The lowest BCUT2D eigenvalue weighted by Crippen LogP contribution is -2.29. The predicted molar refractivity (Wildman–Crippen MR) is 147 cm³/mol. The Kier molecular flexibility index (Phi) is 5.34. The van der Waals surface area contributed by atoms with E-state index >= 15 is 0 Å². The number of fused-ring (bicyclic) bond motifs is 1. The van der Waals surface area contributed by atoms with Crippen molar-refractivity contribution in [2.24, 2.45) is 0 Å². The zero-order valence-corrected chi connectivity index (χ0v) is 20.5. The van der Waals surface area contributed by atoms with Crippen LogP contribution < -0.4 is 10.2 Å². The summed E-state index contributed by atoms with van der Waals surface area (Å²) < 4.78 is 2.37. The van der Waals surface area contributed by atoms with Gasteiger partial charge in [0.05, 0.1) is 23.5 Å². The van der Waals surface area contributed by atoms with Crippen molar-refractivity contribution >= 4 is 33.8 Å². The second-order valence-electron chi connectivity index (χ2n) is 8.99. The molecule has 35 heavy (non-hydrogen) atoms. The zero-order chi connectivity index (χ0) is 23.9. The maximum absolute atomic E-state index is 5.90. The van der Waals surface area contributed by atoms with Crippen molar-refractivity contribution in [3.8, 4) is 5.69 Å². The predicted octanol–water partition coefficient (Wildman–Crippen LogP) is 6.82. The Balaban J connectivity index is 1.55. The molecule has 0 bridgehead atoms. The van der Waals surface area contributed by atoms with E-state index in [9.17, 15) is 0 Å². The number of hydrogen-bond donors (Lipinski definition) is 1. The smallest absolute Gasteiger partial charge is 0.174 e. The van der Waals surface area contributed by atoms with Crippen LogP contribution in [-0.4, -0.2) is 14.7 Å². The zero-order valence-electron chi connectivity index (χ0n) is 19.7. The van der Waals surface area contributed by atoms with Crippen molar-refractivity contribution < 1.29 is 0 Å².